The molecular weight excluding hydrogens is 856 g/mol. The zero-order valence-electron chi connectivity index (χ0n) is 38.2. The van der Waals surface area contributed by atoms with Crippen molar-refractivity contribution in [3.8, 4) is 0 Å². The molecule has 368 valence electrons. The smallest absolute Gasteiger partial charge is 0.187 e. The minimum atomic E-state index is -1.60. The van der Waals surface area contributed by atoms with Crippen molar-refractivity contribution in [3.63, 3.8) is 0 Å². The first kappa shape index (κ1) is 49.4. The van der Waals surface area contributed by atoms with Crippen molar-refractivity contribution < 1.29 is 92.3 Å². The fraction of sp³-hybridized carbons (Fsp3) is 0.848. The van der Waals surface area contributed by atoms with Crippen LogP contribution < -0.4 is 0 Å². The van der Waals surface area contributed by atoms with Crippen LogP contribution in [0.25, 0.3) is 0 Å². The van der Waals surface area contributed by atoms with Gasteiger partial charge in [0.2, 0.25) is 0 Å². The highest BCUT2D eigenvalue weighted by molar-refractivity contribution is 5.92. The summed E-state index contributed by atoms with van der Waals surface area (Å²) in [4.78, 5) is 13.9. The molecule has 4 aliphatic heterocycles. The Morgan fingerprint density at radius 1 is 0.754 bits per heavy atom. The predicted octanol–water partition coefficient (Wildman–Crippen LogP) is 0.998. The Labute approximate surface area is 379 Å². The second kappa shape index (κ2) is 19.8. The zero-order valence-corrected chi connectivity index (χ0v) is 38.2. The molecule has 1 aromatic rings. The number of allylic oxidation sites excluding steroid dienone is 1. The number of hydrogen-bond acceptors (Lipinski definition) is 19. The van der Waals surface area contributed by atoms with E-state index in [4.69, 9.17) is 51.8 Å². The third-order valence-corrected chi connectivity index (χ3v) is 15.6. The minimum absolute atomic E-state index is 0.0269. The molecule has 1 aromatic heterocycles. The minimum Gasteiger partial charge on any atom is -0.469 e. The van der Waals surface area contributed by atoms with Crippen molar-refractivity contribution in [2.45, 2.75) is 208 Å². The fourth-order valence-corrected chi connectivity index (χ4v) is 11.9. The molecule has 19 nitrogen and oxygen atoms in total. The first-order valence-electron chi connectivity index (χ1n) is 23.2. The maximum absolute atomic E-state index is 13.9. The number of furan rings is 1. The second-order valence-electron chi connectivity index (χ2n) is 19.5. The Kier molecular flexibility index (Phi) is 15.0. The lowest BCUT2D eigenvalue weighted by atomic mass is 9.51. The molecule has 5 heterocycles. The Morgan fingerprint density at radius 3 is 1.95 bits per heavy atom. The van der Waals surface area contributed by atoms with Crippen LogP contribution in [0.3, 0.4) is 0 Å². The van der Waals surface area contributed by atoms with Gasteiger partial charge in [-0.15, -0.1) is 0 Å². The van der Waals surface area contributed by atoms with E-state index < -0.39 is 134 Å². The van der Waals surface area contributed by atoms with Crippen LogP contribution in [-0.4, -0.2) is 179 Å². The number of Topliss-reactive ketones (excluding diaryl/α,β-unsaturated/α-hetero) is 1. The van der Waals surface area contributed by atoms with Crippen LogP contribution >= 0.6 is 0 Å². The third kappa shape index (κ3) is 9.41. The van der Waals surface area contributed by atoms with E-state index in [1.807, 2.05) is 6.92 Å². The molecule has 23 atom stereocenters. The lowest BCUT2D eigenvalue weighted by Gasteiger charge is -2.55. The van der Waals surface area contributed by atoms with Gasteiger partial charge in [-0.2, -0.15) is 0 Å². The van der Waals surface area contributed by atoms with E-state index >= 15 is 0 Å². The Bertz CT molecular complexity index is 1800. The number of ether oxygens (including phenoxy) is 10. The molecule has 7 aliphatic rings. The Hall–Kier alpha value is -1.99. The van der Waals surface area contributed by atoms with E-state index in [2.05, 4.69) is 13.0 Å². The van der Waals surface area contributed by atoms with Crippen molar-refractivity contribution in [1.29, 1.82) is 0 Å². The van der Waals surface area contributed by atoms with Gasteiger partial charge in [0, 0.05) is 45.0 Å². The molecule has 3 aliphatic carbocycles. The molecule has 65 heavy (non-hydrogen) atoms. The zero-order chi connectivity index (χ0) is 46.7. The van der Waals surface area contributed by atoms with E-state index in [9.17, 15) is 40.5 Å². The molecule has 0 spiro atoms. The highest BCUT2D eigenvalue weighted by Gasteiger charge is 2.59. The second-order valence-corrected chi connectivity index (χ2v) is 19.5. The van der Waals surface area contributed by atoms with Gasteiger partial charge in [-0.05, 0) is 77.2 Å². The maximum atomic E-state index is 13.9. The van der Waals surface area contributed by atoms with Gasteiger partial charge >= 0.3 is 0 Å². The lowest BCUT2D eigenvalue weighted by Crippen LogP contribution is -2.62. The van der Waals surface area contributed by atoms with Crippen LogP contribution in [0, 0.1) is 24.2 Å². The summed E-state index contributed by atoms with van der Waals surface area (Å²) < 4.78 is 66.6. The average Bonchev–Trinajstić information content (AvgIpc) is 3.71. The Balaban J connectivity index is 0.828. The van der Waals surface area contributed by atoms with E-state index in [0.717, 1.165) is 5.57 Å². The number of aliphatic hydroxyl groups excluding tert-OH is 6. The van der Waals surface area contributed by atoms with Crippen LogP contribution in [-0.2, 0) is 57.8 Å². The number of methoxy groups -OCH3 is 2. The predicted molar refractivity (Wildman–Crippen MR) is 222 cm³/mol. The normalized spacial score (nSPS) is 49.5. The third-order valence-electron chi connectivity index (χ3n) is 15.6. The molecular formula is C46H70O19. The van der Waals surface area contributed by atoms with Crippen molar-refractivity contribution in [2.24, 2.45) is 17.3 Å². The van der Waals surface area contributed by atoms with Crippen LogP contribution in [0.5, 0.6) is 0 Å². The number of rotatable bonds is 12. The van der Waals surface area contributed by atoms with Crippen molar-refractivity contribution in [2.75, 3.05) is 20.8 Å². The summed E-state index contributed by atoms with van der Waals surface area (Å²) in [5.41, 5.74) is -0.334. The molecule has 7 N–H and O–H groups in total. The summed E-state index contributed by atoms with van der Waals surface area (Å²) in [5, 5.41) is 75.2. The van der Waals surface area contributed by atoms with E-state index in [1.165, 1.54) is 13.4 Å². The van der Waals surface area contributed by atoms with Crippen molar-refractivity contribution in [1.82, 2.24) is 0 Å². The summed E-state index contributed by atoms with van der Waals surface area (Å²) >= 11 is 0. The molecule has 6 fully saturated rings. The number of carbonyl (C=O) groups is 1. The summed E-state index contributed by atoms with van der Waals surface area (Å²) in [6, 6.07) is 1.69. The van der Waals surface area contributed by atoms with Crippen LogP contribution in [0.4, 0.5) is 0 Å². The van der Waals surface area contributed by atoms with Gasteiger partial charge in [-0.25, -0.2) is 0 Å². The molecule has 2 saturated carbocycles. The number of aliphatic hydroxyl groups is 7. The van der Waals surface area contributed by atoms with Crippen molar-refractivity contribution >= 4 is 5.78 Å². The van der Waals surface area contributed by atoms with Gasteiger partial charge in [0.25, 0.3) is 0 Å². The van der Waals surface area contributed by atoms with E-state index in [0.29, 0.717) is 49.8 Å². The quantitative estimate of drug-likeness (QED) is 0.144. The monoisotopic (exact) mass is 926 g/mol. The fourth-order valence-electron chi connectivity index (χ4n) is 11.9. The molecule has 4 saturated heterocycles. The van der Waals surface area contributed by atoms with Crippen LogP contribution in [0.1, 0.15) is 90.4 Å². The highest BCUT2D eigenvalue weighted by Crippen LogP contribution is 2.59. The van der Waals surface area contributed by atoms with Gasteiger partial charge in [0.1, 0.15) is 48.5 Å². The van der Waals surface area contributed by atoms with Crippen LogP contribution in [0.2, 0.25) is 0 Å². The number of ketones is 1. The van der Waals surface area contributed by atoms with E-state index in [1.54, 1.807) is 33.9 Å². The number of hydrogen-bond donors (Lipinski definition) is 7. The summed E-state index contributed by atoms with van der Waals surface area (Å²) in [7, 11) is 3.07. The molecule has 0 bridgehead atoms. The van der Waals surface area contributed by atoms with Gasteiger partial charge < -0.3 is 87.5 Å². The van der Waals surface area contributed by atoms with Gasteiger partial charge in [0.15, 0.2) is 36.5 Å². The van der Waals surface area contributed by atoms with Crippen molar-refractivity contribution in [3.05, 3.63) is 35.3 Å². The molecule has 0 radical (unpaired) electrons. The number of aryl methyl sites for hydroxylation is 1. The topological polar surface area (TPSA) is 264 Å². The first-order chi connectivity index (χ1) is 30.9. The maximum Gasteiger partial charge on any atom is 0.187 e. The molecule has 19 heteroatoms. The lowest BCUT2D eigenvalue weighted by molar-refractivity contribution is -0.356. The molecule has 8 rings (SSSR count). The van der Waals surface area contributed by atoms with Gasteiger partial charge in [-0.1, -0.05) is 18.6 Å². The number of carbonyl (C=O) groups excluding carboxylic acids is 1. The standard InChI is InChI=1S/C46H70O19/c1-20-26(11-13-57-20)46(54)12-10-27-25(43(46)53)9-8-24-14-30(29(49)18-45(24,27)5)61-35-16-31(55-6)41(22(3)59-35)64-34-15-28(48)40(21(2)58-34)63-36-17-32(56-7)42(23(4)60-36)65-44-39(52)38(51)37(50)33(19-47)62-44/h8,11,13,21-23,25,27-42,44,47-52,54H,9-10,12,14-19H2,1-7H3. The first-order valence-corrected chi connectivity index (χ1v) is 23.2. The summed E-state index contributed by atoms with van der Waals surface area (Å²) in [6.45, 7) is 8.63. The van der Waals surface area contributed by atoms with Gasteiger partial charge in [-0.3, -0.25) is 4.79 Å². The van der Waals surface area contributed by atoms with E-state index in [-0.39, 0.29) is 30.5 Å². The molecule has 0 amide bonds. The van der Waals surface area contributed by atoms with Gasteiger partial charge in [0.05, 0.1) is 61.7 Å². The number of fused-ring (bicyclic) bond motifs is 3. The average molecular weight is 927 g/mol. The SMILES string of the molecule is COC1CC(OC2CC3=CCC4C(=O)C(O)(c5ccoc5C)CCC4C3(C)CC2O)OC(C)C1OC1CC(O)C(OC2CC(OC)C(OC3OC(CO)C(O)C(O)C3O)C(C)O2)C(C)O1. The largest absolute Gasteiger partial charge is 0.469 e. The van der Waals surface area contributed by atoms with Crippen LogP contribution in [0.15, 0.2) is 28.4 Å². The summed E-state index contributed by atoms with van der Waals surface area (Å²) in [6.07, 6.45) is -10.6. The molecule has 0 aromatic carbocycles. The Morgan fingerprint density at radius 2 is 1.35 bits per heavy atom. The molecule has 23 unspecified atom stereocenters. The summed E-state index contributed by atoms with van der Waals surface area (Å²) in [5.74, 6) is -0.0392. The highest BCUT2D eigenvalue weighted by atomic mass is 16.8.